The number of amides is 1. The maximum absolute atomic E-state index is 13.0. The molecule has 0 aromatic carbocycles. The molecule has 1 rings (SSSR count). The monoisotopic (exact) mass is 1040 g/mol. The van der Waals surface area contributed by atoms with E-state index in [0.29, 0.717) is 12.8 Å². The molecule has 1 fully saturated rings. The van der Waals surface area contributed by atoms with Gasteiger partial charge in [-0.2, -0.15) is 0 Å². The first-order chi connectivity index (χ1) is 36.8. The molecule has 0 spiro atoms. The number of allylic oxidation sites excluding steroid dienone is 24. The van der Waals surface area contributed by atoms with E-state index in [1.165, 1.54) is 51.4 Å². The number of hydrogen-bond acceptors (Lipinski definition) is 8. The molecule has 0 saturated carbocycles. The van der Waals surface area contributed by atoms with Crippen molar-refractivity contribution in [2.75, 3.05) is 13.2 Å². The fraction of sp³-hybridized carbons (Fsp3) is 0.621. The Hall–Kier alpha value is -3.93. The largest absolute Gasteiger partial charge is 0.394 e. The number of aliphatic hydroxyl groups is 5. The average molecular weight is 1040 g/mol. The van der Waals surface area contributed by atoms with Crippen LogP contribution in [0.15, 0.2) is 146 Å². The van der Waals surface area contributed by atoms with Crippen LogP contribution in [0.5, 0.6) is 0 Å². The Kier molecular flexibility index (Phi) is 49.2. The molecule has 7 unspecified atom stereocenters. The van der Waals surface area contributed by atoms with E-state index >= 15 is 0 Å². The number of aliphatic hydroxyl groups excluding tert-OH is 5. The zero-order valence-corrected chi connectivity index (χ0v) is 47.0. The Morgan fingerprint density at radius 3 is 1.23 bits per heavy atom. The summed E-state index contributed by atoms with van der Waals surface area (Å²) in [5, 5.41) is 54.5. The highest BCUT2D eigenvalue weighted by Crippen LogP contribution is 2.23. The lowest BCUT2D eigenvalue weighted by Crippen LogP contribution is -2.60. The van der Waals surface area contributed by atoms with Gasteiger partial charge in [-0.1, -0.05) is 243 Å². The third-order valence-electron chi connectivity index (χ3n) is 13.0. The zero-order chi connectivity index (χ0) is 54.3. The summed E-state index contributed by atoms with van der Waals surface area (Å²) in [5.41, 5.74) is 0. The fourth-order valence-corrected chi connectivity index (χ4v) is 8.32. The van der Waals surface area contributed by atoms with Gasteiger partial charge in [0.15, 0.2) is 6.29 Å². The molecule has 1 aliphatic heterocycles. The second kappa shape index (κ2) is 53.5. The van der Waals surface area contributed by atoms with Crippen LogP contribution in [0.1, 0.15) is 206 Å². The molecule has 1 amide bonds. The summed E-state index contributed by atoms with van der Waals surface area (Å²) < 4.78 is 11.3. The van der Waals surface area contributed by atoms with Crippen LogP contribution in [0.2, 0.25) is 0 Å². The number of ether oxygens (including phenoxy) is 2. The molecule has 0 aliphatic carbocycles. The number of hydrogen-bond donors (Lipinski definition) is 6. The van der Waals surface area contributed by atoms with Gasteiger partial charge in [-0.05, 0) is 103 Å². The highest BCUT2D eigenvalue weighted by Gasteiger charge is 2.44. The Morgan fingerprint density at radius 2 is 0.827 bits per heavy atom. The van der Waals surface area contributed by atoms with E-state index in [1.54, 1.807) is 0 Å². The lowest BCUT2D eigenvalue weighted by Gasteiger charge is -2.40. The molecule has 6 N–H and O–H groups in total. The summed E-state index contributed by atoms with van der Waals surface area (Å²) in [4.78, 5) is 13.0. The van der Waals surface area contributed by atoms with E-state index in [0.717, 1.165) is 128 Å². The van der Waals surface area contributed by atoms with Gasteiger partial charge >= 0.3 is 0 Å². The minimum atomic E-state index is -1.57. The van der Waals surface area contributed by atoms with Crippen LogP contribution in [0.3, 0.4) is 0 Å². The Balaban J connectivity index is 2.16. The molecule has 0 aromatic rings. The first-order valence-electron chi connectivity index (χ1n) is 29.5. The van der Waals surface area contributed by atoms with Crippen LogP contribution in [-0.2, 0) is 14.3 Å². The molecule has 9 heteroatoms. The number of nitrogens with one attached hydrogen (secondary N) is 1. The van der Waals surface area contributed by atoms with E-state index < -0.39 is 49.5 Å². The second-order valence-corrected chi connectivity index (χ2v) is 19.7. The minimum Gasteiger partial charge on any atom is -0.394 e. The molecular weight excluding hydrogens is 935 g/mol. The molecule has 424 valence electrons. The van der Waals surface area contributed by atoms with Gasteiger partial charge in [-0.3, -0.25) is 4.79 Å². The molecule has 1 heterocycles. The van der Waals surface area contributed by atoms with Crippen molar-refractivity contribution in [2.45, 2.75) is 249 Å². The lowest BCUT2D eigenvalue weighted by atomic mass is 9.99. The van der Waals surface area contributed by atoms with Crippen LogP contribution in [0.25, 0.3) is 0 Å². The smallest absolute Gasteiger partial charge is 0.220 e. The third-order valence-corrected chi connectivity index (χ3v) is 13.0. The number of unbranched alkanes of at least 4 members (excludes halogenated alkanes) is 14. The third kappa shape index (κ3) is 42.8. The molecule has 0 radical (unpaired) electrons. The average Bonchev–Trinajstić information content (AvgIpc) is 3.41. The van der Waals surface area contributed by atoms with Crippen LogP contribution in [0.4, 0.5) is 0 Å². The van der Waals surface area contributed by atoms with Crippen molar-refractivity contribution in [3.05, 3.63) is 146 Å². The molecule has 75 heavy (non-hydrogen) atoms. The number of carbonyl (C=O) groups excluding carboxylic acids is 1. The van der Waals surface area contributed by atoms with E-state index in [-0.39, 0.29) is 12.5 Å². The molecule has 0 bridgehead atoms. The number of rotatable bonds is 48. The summed E-state index contributed by atoms with van der Waals surface area (Å²) in [6.07, 6.45) is 76.0. The van der Waals surface area contributed by atoms with Crippen LogP contribution in [-0.4, -0.2) is 87.5 Å². The SMILES string of the molecule is CC/C=C\C/C=C\C/C=C\C/C=C\C/C=C\C/C=C\C/C=C\C/C=C\C/C=C\C/C=C\C/C=C\C/C=C\CCCCCCC(=O)NC(COC1OC(CO)C(O)C(O)C1O)C(O)CCCCCCCCCCCCC. The van der Waals surface area contributed by atoms with Crippen molar-refractivity contribution in [1.82, 2.24) is 5.32 Å². The minimum absolute atomic E-state index is 0.157. The maximum atomic E-state index is 13.0. The summed E-state index contributed by atoms with van der Waals surface area (Å²) in [7, 11) is 0. The van der Waals surface area contributed by atoms with Crippen molar-refractivity contribution < 1.29 is 39.8 Å². The lowest BCUT2D eigenvalue weighted by molar-refractivity contribution is -0.302. The Morgan fingerprint density at radius 1 is 0.467 bits per heavy atom. The summed E-state index contributed by atoms with van der Waals surface area (Å²) in [5.74, 6) is -0.176. The van der Waals surface area contributed by atoms with Crippen molar-refractivity contribution in [1.29, 1.82) is 0 Å². The van der Waals surface area contributed by atoms with Crippen molar-refractivity contribution in [3.8, 4) is 0 Å². The van der Waals surface area contributed by atoms with E-state index in [1.807, 2.05) is 0 Å². The van der Waals surface area contributed by atoms with Gasteiger partial charge in [-0.15, -0.1) is 0 Å². The maximum Gasteiger partial charge on any atom is 0.220 e. The molecular formula is C66H107NO8. The first kappa shape index (κ1) is 69.1. The topological polar surface area (TPSA) is 149 Å². The molecule has 0 aromatic heterocycles. The predicted octanol–water partition coefficient (Wildman–Crippen LogP) is 15.1. The van der Waals surface area contributed by atoms with E-state index in [4.69, 9.17) is 9.47 Å². The van der Waals surface area contributed by atoms with Gasteiger partial charge in [0.1, 0.15) is 24.4 Å². The summed E-state index contributed by atoms with van der Waals surface area (Å²) >= 11 is 0. The van der Waals surface area contributed by atoms with Crippen molar-refractivity contribution in [3.63, 3.8) is 0 Å². The predicted molar refractivity (Wildman–Crippen MR) is 317 cm³/mol. The van der Waals surface area contributed by atoms with Gasteiger partial charge in [0, 0.05) is 6.42 Å². The zero-order valence-electron chi connectivity index (χ0n) is 47.0. The fourth-order valence-electron chi connectivity index (χ4n) is 8.32. The normalized spacial score (nSPS) is 20.0. The summed E-state index contributed by atoms with van der Waals surface area (Å²) in [6.45, 7) is 3.67. The quantitative estimate of drug-likeness (QED) is 0.0261. The Labute approximate surface area is 457 Å². The van der Waals surface area contributed by atoms with Gasteiger partial charge in [0.25, 0.3) is 0 Å². The molecule has 1 aliphatic rings. The van der Waals surface area contributed by atoms with Crippen LogP contribution < -0.4 is 5.32 Å². The highest BCUT2D eigenvalue weighted by atomic mass is 16.7. The molecule has 9 nitrogen and oxygen atoms in total. The van der Waals surface area contributed by atoms with Crippen molar-refractivity contribution >= 4 is 5.91 Å². The first-order valence-corrected chi connectivity index (χ1v) is 29.5. The van der Waals surface area contributed by atoms with E-state index in [9.17, 15) is 30.3 Å². The van der Waals surface area contributed by atoms with Gasteiger partial charge in [0.05, 0.1) is 25.4 Å². The summed E-state index contributed by atoms with van der Waals surface area (Å²) in [6, 6.07) is -0.742. The van der Waals surface area contributed by atoms with Gasteiger partial charge < -0.3 is 40.3 Å². The van der Waals surface area contributed by atoms with Gasteiger partial charge in [0.2, 0.25) is 5.91 Å². The highest BCUT2D eigenvalue weighted by molar-refractivity contribution is 5.76. The van der Waals surface area contributed by atoms with Crippen LogP contribution in [0, 0.1) is 0 Å². The second-order valence-electron chi connectivity index (χ2n) is 19.7. The van der Waals surface area contributed by atoms with Gasteiger partial charge in [-0.25, -0.2) is 0 Å². The van der Waals surface area contributed by atoms with Crippen molar-refractivity contribution in [2.24, 2.45) is 0 Å². The Bertz CT molecular complexity index is 1680. The number of carbonyl (C=O) groups is 1. The molecule has 7 atom stereocenters. The van der Waals surface area contributed by atoms with E-state index in [2.05, 4.69) is 165 Å². The standard InChI is InChI=1S/C66H107NO8/c1-3-5-7-9-11-13-15-16-17-18-19-20-21-22-23-24-25-26-27-28-29-30-31-32-33-34-35-36-37-38-39-40-41-42-43-44-46-48-50-52-54-56-62(70)67-59(58-74-66-65(73)64(72)63(71)61(57-68)75-66)60(69)55-53-51-49-47-45-14-12-10-8-6-4-2/h5,7,11,13,16-17,19-20,22-23,25-26,28-29,31-32,34-35,37-38,40-41,43-44,59-61,63-66,68-69,71-73H,3-4,6,8-10,12,14-15,18,21,24,27,30,33,36,39,42,45-58H2,1-2H3,(H,67,70)/b7-5-,13-11-,17-16-,20-19-,23-22-,26-25-,29-28-,32-31-,35-34-,38-37-,41-40-,44-43-. The van der Waals surface area contributed by atoms with Crippen LogP contribution >= 0.6 is 0 Å². The molecule has 1 saturated heterocycles.